The summed E-state index contributed by atoms with van der Waals surface area (Å²) < 4.78 is 33.9. The second-order valence-electron chi connectivity index (χ2n) is 6.31. The highest BCUT2D eigenvalue weighted by Gasteiger charge is 2.32. The summed E-state index contributed by atoms with van der Waals surface area (Å²) in [4.78, 5) is 1.48. The van der Waals surface area contributed by atoms with Gasteiger partial charge in [-0.2, -0.15) is 8.78 Å². The van der Waals surface area contributed by atoms with Gasteiger partial charge < -0.3 is 25.0 Å². The average molecular weight is 360 g/mol. The topological polar surface area (TPSA) is 47.0 Å². The number of hydrogen-bond acceptors (Lipinski definition) is 3. The van der Waals surface area contributed by atoms with Gasteiger partial charge in [-0.25, -0.2) is 0 Å². The van der Waals surface area contributed by atoms with Crippen molar-refractivity contribution in [1.82, 2.24) is 5.32 Å². The fourth-order valence-electron chi connectivity index (χ4n) is 2.62. The molecule has 134 valence electrons. The molecule has 1 fully saturated rings. The van der Waals surface area contributed by atoms with Gasteiger partial charge in [-0.15, -0.1) is 0 Å². The Kier molecular flexibility index (Phi) is 6.70. The molecule has 0 saturated carbocycles. The summed E-state index contributed by atoms with van der Waals surface area (Å²) in [7, 11) is 0. The normalized spacial score (nSPS) is 16.0. The van der Waals surface area contributed by atoms with E-state index in [4.69, 9.17) is 17.0 Å². The molecule has 1 aromatic rings. The Hall–Kier alpha value is -1.51. The predicted octanol–water partition coefficient (Wildman–Crippen LogP) is 1.27. The molecule has 0 atom stereocenters. The van der Waals surface area contributed by atoms with Crippen LogP contribution in [-0.4, -0.2) is 50.1 Å². The number of thiocarbonyl (C=S) groups is 1. The van der Waals surface area contributed by atoms with Crippen LogP contribution in [0.25, 0.3) is 0 Å². The number of anilines is 1. The molecule has 24 heavy (non-hydrogen) atoms. The lowest BCUT2D eigenvalue weighted by atomic mass is 10.0. The molecule has 1 heterocycles. The van der Waals surface area contributed by atoms with Gasteiger partial charge in [0.25, 0.3) is 0 Å². The second kappa shape index (κ2) is 8.55. The third-order valence-electron chi connectivity index (χ3n) is 4.08. The molecular formula is C16H24F2N3O2S+. The number of benzene rings is 1. The van der Waals surface area contributed by atoms with E-state index in [1.54, 1.807) is 12.1 Å². The number of alkyl halides is 2. The van der Waals surface area contributed by atoms with E-state index >= 15 is 0 Å². The summed E-state index contributed by atoms with van der Waals surface area (Å²) in [5.74, 6) is 0.117. The Morgan fingerprint density at radius 1 is 1.29 bits per heavy atom. The molecule has 1 aliphatic heterocycles. The highest BCUT2D eigenvalue weighted by atomic mass is 32.1. The zero-order valence-electron chi connectivity index (χ0n) is 13.9. The van der Waals surface area contributed by atoms with Crippen LogP contribution >= 0.6 is 12.2 Å². The lowest BCUT2D eigenvalue weighted by molar-refractivity contribution is -0.954. The van der Waals surface area contributed by atoms with E-state index in [-0.39, 0.29) is 11.3 Å². The molecule has 1 aliphatic rings. The Balaban J connectivity index is 1.80. The van der Waals surface area contributed by atoms with Gasteiger partial charge in [0.2, 0.25) is 0 Å². The van der Waals surface area contributed by atoms with Crippen molar-refractivity contribution in [2.75, 3.05) is 38.2 Å². The second-order valence-corrected chi connectivity index (χ2v) is 6.72. The molecule has 0 bridgehead atoms. The summed E-state index contributed by atoms with van der Waals surface area (Å²) in [5, 5.41) is 6.76. The molecule has 0 radical (unpaired) electrons. The highest BCUT2D eigenvalue weighted by Crippen LogP contribution is 2.17. The fraction of sp³-hybridized carbons (Fsp3) is 0.562. The SMILES string of the molecule is CC(C)(CNC(=S)Nc1ccc(OC(F)F)cc1)[NH+]1CCOCC1. The van der Waals surface area contributed by atoms with E-state index < -0.39 is 6.61 Å². The van der Waals surface area contributed by atoms with E-state index in [0.717, 1.165) is 32.8 Å². The monoisotopic (exact) mass is 360 g/mol. The smallest absolute Gasteiger partial charge is 0.387 e. The lowest BCUT2D eigenvalue weighted by Gasteiger charge is -2.37. The van der Waals surface area contributed by atoms with Crippen LogP contribution in [0.3, 0.4) is 0 Å². The van der Waals surface area contributed by atoms with Gasteiger partial charge in [-0.1, -0.05) is 0 Å². The number of hydrogen-bond donors (Lipinski definition) is 3. The average Bonchev–Trinajstić information content (AvgIpc) is 2.55. The van der Waals surface area contributed by atoms with Crippen molar-refractivity contribution in [3.05, 3.63) is 24.3 Å². The van der Waals surface area contributed by atoms with Gasteiger partial charge in [0.15, 0.2) is 5.11 Å². The zero-order valence-corrected chi connectivity index (χ0v) is 14.7. The Morgan fingerprint density at radius 3 is 2.50 bits per heavy atom. The first kappa shape index (κ1) is 18.8. The number of morpholine rings is 1. The highest BCUT2D eigenvalue weighted by molar-refractivity contribution is 7.80. The number of nitrogens with one attached hydrogen (secondary N) is 3. The molecule has 0 aliphatic carbocycles. The van der Waals surface area contributed by atoms with Crippen LogP contribution in [0.4, 0.5) is 14.5 Å². The first-order valence-electron chi connectivity index (χ1n) is 7.89. The molecule has 0 amide bonds. The van der Waals surface area contributed by atoms with Crippen LogP contribution in [0.1, 0.15) is 13.8 Å². The largest absolute Gasteiger partial charge is 0.435 e. The number of halogens is 2. The molecule has 1 saturated heterocycles. The van der Waals surface area contributed by atoms with Crippen LogP contribution in [0.15, 0.2) is 24.3 Å². The van der Waals surface area contributed by atoms with Crippen molar-refractivity contribution >= 4 is 23.0 Å². The molecule has 0 spiro atoms. The molecule has 0 unspecified atom stereocenters. The van der Waals surface area contributed by atoms with E-state index in [0.29, 0.717) is 10.8 Å². The van der Waals surface area contributed by atoms with E-state index in [2.05, 4.69) is 29.2 Å². The van der Waals surface area contributed by atoms with Gasteiger partial charge in [0.1, 0.15) is 24.4 Å². The summed E-state index contributed by atoms with van der Waals surface area (Å²) >= 11 is 5.30. The van der Waals surface area contributed by atoms with Crippen molar-refractivity contribution in [1.29, 1.82) is 0 Å². The minimum absolute atomic E-state index is 0.0322. The predicted molar refractivity (Wildman–Crippen MR) is 92.9 cm³/mol. The van der Waals surface area contributed by atoms with Crippen LogP contribution < -0.4 is 20.3 Å². The molecule has 0 aromatic heterocycles. The molecule has 5 nitrogen and oxygen atoms in total. The van der Waals surface area contributed by atoms with Crippen LogP contribution in [-0.2, 0) is 4.74 Å². The molecule has 8 heteroatoms. The first-order valence-corrected chi connectivity index (χ1v) is 8.30. The van der Waals surface area contributed by atoms with Crippen LogP contribution in [0.5, 0.6) is 5.75 Å². The number of rotatable bonds is 6. The summed E-state index contributed by atoms with van der Waals surface area (Å²) in [6.45, 7) is 5.83. The van der Waals surface area contributed by atoms with Gasteiger partial charge in [-0.3, -0.25) is 0 Å². The maximum atomic E-state index is 12.1. The lowest BCUT2D eigenvalue weighted by Crippen LogP contribution is -3.22. The van der Waals surface area contributed by atoms with Crippen molar-refractivity contribution in [2.45, 2.75) is 26.0 Å². The van der Waals surface area contributed by atoms with Gasteiger partial charge in [0, 0.05) is 5.69 Å². The Bertz CT molecular complexity index is 535. The number of ether oxygens (including phenoxy) is 2. The maximum Gasteiger partial charge on any atom is 0.387 e. The molecule has 3 N–H and O–H groups in total. The Morgan fingerprint density at radius 2 is 1.92 bits per heavy atom. The summed E-state index contributed by atoms with van der Waals surface area (Å²) in [5.41, 5.74) is 0.746. The number of quaternary nitrogens is 1. The van der Waals surface area contributed by atoms with E-state index in [1.165, 1.54) is 17.0 Å². The van der Waals surface area contributed by atoms with Crippen molar-refractivity contribution in [3.63, 3.8) is 0 Å². The van der Waals surface area contributed by atoms with E-state index in [9.17, 15) is 8.78 Å². The third kappa shape index (κ3) is 5.85. The van der Waals surface area contributed by atoms with Gasteiger partial charge in [-0.05, 0) is 50.3 Å². The van der Waals surface area contributed by atoms with Crippen molar-refractivity contribution in [2.24, 2.45) is 0 Å². The molecule has 1 aromatic carbocycles. The minimum Gasteiger partial charge on any atom is -0.435 e. The van der Waals surface area contributed by atoms with E-state index in [1.807, 2.05) is 0 Å². The first-order chi connectivity index (χ1) is 11.4. The van der Waals surface area contributed by atoms with Crippen molar-refractivity contribution < 1.29 is 23.2 Å². The quantitative estimate of drug-likeness (QED) is 0.667. The van der Waals surface area contributed by atoms with Crippen LogP contribution in [0.2, 0.25) is 0 Å². The summed E-state index contributed by atoms with van der Waals surface area (Å²) in [6.07, 6.45) is 0. The van der Waals surface area contributed by atoms with Crippen LogP contribution in [0, 0.1) is 0 Å². The standard InChI is InChI=1S/C16H23F2N3O2S/c1-16(2,21-7-9-22-10-8-21)11-19-15(24)20-12-3-5-13(6-4-12)23-14(17)18/h3-6,14H,7-11H2,1-2H3,(H2,19,20,24)/p+1. The van der Waals surface area contributed by atoms with Gasteiger partial charge >= 0.3 is 6.61 Å². The van der Waals surface area contributed by atoms with Gasteiger partial charge in [0.05, 0.1) is 19.8 Å². The molecule has 2 rings (SSSR count). The third-order valence-corrected chi connectivity index (χ3v) is 4.33. The molecular weight excluding hydrogens is 336 g/mol. The Labute approximate surface area is 146 Å². The zero-order chi connectivity index (χ0) is 17.6. The van der Waals surface area contributed by atoms with Crippen molar-refractivity contribution in [3.8, 4) is 5.75 Å². The minimum atomic E-state index is -2.82. The fourth-order valence-corrected chi connectivity index (χ4v) is 2.81. The summed E-state index contributed by atoms with van der Waals surface area (Å²) in [6, 6.07) is 6.23. The maximum absolute atomic E-state index is 12.1.